The smallest absolute Gasteiger partial charge is 0.265 e. The Morgan fingerprint density at radius 2 is 2.00 bits per heavy atom. The highest BCUT2D eigenvalue weighted by Crippen LogP contribution is 2.30. The van der Waals surface area contributed by atoms with Gasteiger partial charge in [-0.05, 0) is 29.8 Å². The lowest BCUT2D eigenvalue weighted by Crippen LogP contribution is -2.46. The molecule has 0 saturated heterocycles. The maximum absolute atomic E-state index is 12.1. The molecule has 0 bridgehead atoms. The first-order valence-corrected chi connectivity index (χ1v) is 7.89. The van der Waals surface area contributed by atoms with Crippen molar-refractivity contribution in [1.29, 1.82) is 0 Å². The molecule has 8 heteroatoms. The molecule has 0 spiro atoms. The standard InChI is InChI=1S/C18H17N3O5/c22-13-5-3-4-12(8-13)9-20-21-17(23)10-19-18(24)16-11-25-14-6-1-2-7-15(14)26-16/h1-9,16,22H,10-11H2,(H,19,24)(H,21,23)/b20-9-/t16-/m0/s1. The van der Waals surface area contributed by atoms with Crippen molar-refractivity contribution in [2.75, 3.05) is 13.2 Å². The molecule has 26 heavy (non-hydrogen) atoms. The molecule has 1 aliphatic heterocycles. The third kappa shape index (κ3) is 4.50. The topological polar surface area (TPSA) is 109 Å². The molecule has 2 aromatic rings. The Hall–Kier alpha value is -3.55. The summed E-state index contributed by atoms with van der Waals surface area (Å²) in [6, 6.07) is 13.4. The van der Waals surface area contributed by atoms with Crippen molar-refractivity contribution in [1.82, 2.24) is 10.7 Å². The van der Waals surface area contributed by atoms with Crippen LogP contribution in [0.15, 0.2) is 53.6 Å². The normalized spacial score (nSPS) is 15.5. The van der Waals surface area contributed by atoms with E-state index in [2.05, 4.69) is 15.8 Å². The van der Waals surface area contributed by atoms with Crippen molar-refractivity contribution in [3.05, 3.63) is 54.1 Å². The van der Waals surface area contributed by atoms with Crippen molar-refractivity contribution < 1.29 is 24.2 Å². The SMILES string of the molecule is O=C(CNC(=O)[C@@H]1COc2ccccc2O1)N/N=C\c1cccc(O)c1. The van der Waals surface area contributed by atoms with Gasteiger partial charge in [-0.25, -0.2) is 5.43 Å². The number of benzene rings is 2. The minimum Gasteiger partial charge on any atom is -0.508 e. The molecule has 0 unspecified atom stereocenters. The number of amides is 2. The summed E-state index contributed by atoms with van der Waals surface area (Å²) in [5.74, 6) is 0.219. The van der Waals surface area contributed by atoms with Crippen molar-refractivity contribution in [3.8, 4) is 17.2 Å². The number of hydrogen-bond donors (Lipinski definition) is 3. The Morgan fingerprint density at radius 3 is 2.81 bits per heavy atom. The minimum atomic E-state index is -0.825. The second-order valence-corrected chi connectivity index (χ2v) is 5.47. The Bertz CT molecular complexity index is 837. The number of nitrogens with zero attached hydrogens (tertiary/aromatic N) is 1. The van der Waals surface area contributed by atoms with Gasteiger partial charge in [0.2, 0.25) is 6.10 Å². The average molecular weight is 355 g/mol. The molecule has 0 fully saturated rings. The van der Waals surface area contributed by atoms with Crippen LogP contribution >= 0.6 is 0 Å². The van der Waals surface area contributed by atoms with Gasteiger partial charge in [0.25, 0.3) is 11.8 Å². The summed E-state index contributed by atoms with van der Waals surface area (Å²) in [7, 11) is 0. The van der Waals surface area contributed by atoms with E-state index in [1.807, 2.05) is 6.07 Å². The van der Waals surface area contributed by atoms with E-state index in [0.717, 1.165) is 0 Å². The van der Waals surface area contributed by atoms with Crippen LogP contribution in [-0.2, 0) is 9.59 Å². The zero-order valence-electron chi connectivity index (χ0n) is 13.7. The van der Waals surface area contributed by atoms with E-state index in [1.54, 1.807) is 30.3 Å². The Balaban J connectivity index is 1.44. The van der Waals surface area contributed by atoms with Gasteiger partial charge in [0.15, 0.2) is 11.5 Å². The van der Waals surface area contributed by atoms with E-state index in [1.165, 1.54) is 18.3 Å². The highest BCUT2D eigenvalue weighted by molar-refractivity contribution is 5.88. The molecule has 1 atom stereocenters. The predicted octanol–water partition coefficient (Wildman–Crippen LogP) is 0.798. The van der Waals surface area contributed by atoms with Gasteiger partial charge >= 0.3 is 0 Å². The molecule has 8 nitrogen and oxygen atoms in total. The second kappa shape index (κ2) is 8.02. The van der Waals surface area contributed by atoms with Crippen LogP contribution in [0, 0.1) is 0 Å². The predicted molar refractivity (Wildman–Crippen MR) is 93.2 cm³/mol. The largest absolute Gasteiger partial charge is 0.508 e. The third-order valence-electron chi connectivity index (χ3n) is 3.50. The fraction of sp³-hybridized carbons (Fsp3) is 0.167. The summed E-state index contributed by atoms with van der Waals surface area (Å²) in [6.45, 7) is -0.183. The summed E-state index contributed by atoms with van der Waals surface area (Å²) in [5.41, 5.74) is 2.91. The number of para-hydroxylation sites is 2. The van der Waals surface area contributed by atoms with Crippen LogP contribution in [0.25, 0.3) is 0 Å². The average Bonchev–Trinajstić information content (AvgIpc) is 2.66. The van der Waals surface area contributed by atoms with Gasteiger partial charge in [0.05, 0.1) is 12.8 Å². The first kappa shape index (κ1) is 17.3. The number of aromatic hydroxyl groups is 1. The first-order chi connectivity index (χ1) is 12.6. The molecule has 1 heterocycles. The number of hydrogen-bond acceptors (Lipinski definition) is 6. The molecule has 0 saturated carbocycles. The number of carbonyl (C=O) groups is 2. The molecular weight excluding hydrogens is 338 g/mol. The fourth-order valence-electron chi connectivity index (χ4n) is 2.25. The van der Waals surface area contributed by atoms with E-state index in [9.17, 15) is 14.7 Å². The highest BCUT2D eigenvalue weighted by Gasteiger charge is 2.27. The lowest BCUT2D eigenvalue weighted by Gasteiger charge is -2.25. The minimum absolute atomic E-state index is 0.0696. The molecule has 134 valence electrons. The third-order valence-corrected chi connectivity index (χ3v) is 3.50. The summed E-state index contributed by atoms with van der Waals surface area (Å²) in [4.78, 5) is 23.8. The number of hydrazone groups is 1. The monoisotopic (exact) mass is 355 g/mol. The number of ether oxygens (including phenoxy) is 2. The quantitative estimate of drug-likeness (QED) is 0.543. The Labute approximate surface area is 149 Å². The second-order valence-electron chi connectivity index (χ2n) is 5.47. The number of carbonyl (C=O) groups excluding carboxylic acids is 2. The molecule has 0 radical (unpaired) electrons. The first-order valence-electron chi connectivity index (χ1n) is 7.89. The molecule has 2 aromatic carbocycles. The maximum atomic E-state index is 12.1. The van der Waals surface area contributed by atoms with E-state index < -0.39 is 17.9 Å². The Kier molecular flexibility index (Phi) is 5.33. The molecule has 0 aromatic heterocycles. The lowest BCUT2D eigenvalue weighted by molar-refractivity contribution is -0.132. The van der Waals surface area contributed by atoms with Crippen LogP contribution in [0.1, 0.15) is 5.56 Å². The van der Waals surface area contributed by atoms with E-state index in [0.29, 0.717) is 17.1 Å². The van der Waals surface area contributed by atoms with Gasteiger partial charge in [-0.15, -0.1) is 0 Å². The number of fused-ring (bicyclic) bond motifs is 1. The van der Waals surface area contributed by atoms with Gasteiger partial charge in [0.1, 0.15) is 12.4 Å². The van der Waals surface area contributed by atoms with Gasteiger partial charge in [-0.2, -0.15) is 5.10 Å². The van der Waals surface area contributed by atoms with Crippen LogP contribution in [0.4, 0.5) is 0 Å². The van der Waals surface area contributed by atoms with Crippen LogP contribution < -0.4 is 20.2 Å². The van der Waals surface area contributed by atoms with Gasteiger partial charge in [-0.1, -0.05) is 24.3 Å². The van der Waals surface area contributed by atoms with Crippen LogP contribution in [-0.4, -0.2) is 42.4 Å². The highest BCUT2D eigenvalue weighted by atomic mass is 16.6. The van der Waals surface area contributed by atoms with E-state index >= 15 is 0 Å². The number of phenols is 1. The van der Waals surface area contributed by atoms with Crippen LogP contribution in [0.5, 0.6) is 17.2 Å². The van der Waals surface area contributed by atoms with E-state index in [4.69, 9.17) is 9.47 Å². The summed E-state index contributed by atoms with van der Waals surface area (Å²) >= 11 is 0. The van der Waals surface area contributed by atoms with Gasteiger partial charge in [-0.3, -0.25) is 9.59 Å². The maximum Gasteiger partial charge on any atom is 0.265 e. The lowest BCUT2D eigenvalue weighted by atomic mass is 10.2. The molecule has 0 aliphatic carbocycles. The van der Waals surface area contributed by atoms with Crippen LogP contribution in [0.3, 0.4) is 0 Å². The number of phenolic OH excluding ortho intramolecular Hbond substituents is 1. The number of nitrogens with one attached hydrogen (secondary N) is 2. The molecule has 1 aliphatic rings. The zero-order valence-corrected chi connectivity index (χ0v) is 13.7. The molecule has 2 amide bonds. The molecule has 3 rings (SSSR count). The van der Waals surface area contributed by atoms with Crippen LogP contribution in [0.2, 0.25) is 0 Å². The van der Waals surface area contributed by atoms with E-state index in [-0.39, 0.29) is 18.9 Å². The van der Waals surface area contributed by atoms with Crippen molar-refractivity contribution >= 4 is 18.0 Å². The van der Waals surface area contributed by atoms with Crippen molar-refractivity contribution in [2.24, 2.45) is 5.10 Å². The molecule has 3 N–H and O–H groups in total. The Morgan fingerprint density at radius 1 is 1.19 bits per heavy atom. The summed E-state index contributed by atoms with van der Waals surface area (Å²) in [6.07, 6.45) is 0.558. The summed E-state index contributed by atoms with van der Waals surface area (Å²) < 4.78 is 11.0. The van der Waals surface area contributed by atoms with Gasteiger partial charge in [0, 0.05) is 0 Å². The zero-order chi connectivity index (χ0) is 18.4. The van der Waals surface area contributed by atoms with Crippen molar-refractivity contribution in [2.45, 2.75) is 6.10 Å². The van der Waals surface area contributed by atoms with Crippen molar-refractivity contribution in [3.63, 3.8) is 0 Å². The van der Waals surface area contributed by atoms with Gasteiger partial charge < -0.3 is 19.9 Å². The fourth-order valence-corrected chi connectivity index (χ4v) is 2.25. The summed E-state index contributed by atoms with van der Waals surface area (Å²) in [5, 5.41) is 15.6. The molecular formula is C18H17N3O5. The number of rotatable bonds is 5.